The molecule has 90 valence electrons. The molecule has 0 heterocycles. The maximum atomic E-state index is 11.5. The van der Waals surface area contributed by atoms with Crippen molar-refractivity contribution in [1.29, 1.82) is 0 Å². The highest BCUT2D eigenvalue weighted by Gasteiger charge is 2.23. The fourth-order valence-corrected chi connectivity index (χ4v) is 1.47. The lowest BCUT2D eigenvalue weighted by Gasteiger charge is -2.13. The Bertz CT molecular complexity index is 438. The van der Waals surface area contributed by atoms with Gasteiger partial charge in [0.05, 0.1) is 5.56 Å². The van der Waals surface area contributed by atoms with Crippen molar-refractivity contribution in [2.24, 2.45) is 0 Å². The van der Waals surface area contributed by atoms with E-state index in [4.69, 9.17) is 10.2 Å². The Hall–Kier alpha value is -2.14. The summed E-state index contributed by atoms with van der Waals surface area (Å²) in [6, 6.07) is 6.07. The highest BCUT2D eigenvalue weighted by Crippen LogP contribution is 2.22. The van der Waals surface area contributed by atoms with E-state index in [1.165, 1.54) is 18.2 Å². The standard InChI is InChI=1S/C12H12O5/c1-2-8(12(16)17-7-13)9-5-3-4-6-10(9)11(14)15/h2-6,8,13H,1,7H2,(H,14,15). The number of aromatic carboxylic acids is 1. The lowest BCUT2D eigenvalue weighted by Crippen LogP contribution is -2.17. The van der Waals surface area contributed by atoms with Crippen molar-refractivity contribution in [3.05, 3.63) is 48.0 Å². The number of ether oxygens (including phenoxy) is 1. The molecule has 0 aliphatic heterocycles. The van der Waals surface area contributed by atoms with Gasteiger partial charge in [-0.2, -0.15) is 0 Å². The zero-order valence-corrected chi connectivity index (χ0v) is 9.00. The maximum absolute atomic E-state index is 11.5. The van der Waals surface area contributed by atoms with Gasteiger partial charge in [-0.3, -0.25) is 4.79 Å². The monoisotopic (exact) mass is 236 g/mol. The number of hydrogen-bond donors (Lipinski definition) is 2. The van der Waals surface area contributed by atoms with E-state index in [1.807, 2.05) is 0 Å². The molecule has 17 heavy (non-hydrogen) atoms. The molecule has 0 aliphatic carbocycles. The average molecular weight is 236 g/mol. The van der Waals surface area contributed by atoms with E-state index in [0.717, 1.165) is 0 Å². The molecule has 0 aliphatic rings. The molecule has 5 heteroatoms. The molecule has 0 spiro atoms. The van der Waals surface area contributed by atoms with Gasteiger partial charge >= 0.3 is 11.9 Å². The molecule has 0 saturated heterocycles. The van der Waals surface area contributed by atoms with Crippen LogP contribution in [0.25, 0.3) is 0 Å². The molecule has 1 aromatic rings. The van der Waals surface area contributed by atoms with Gasteiger partial charge in [0.2, 0.25) is 0 Å². The summed E-state index contributed by atoms with van der Waals surface area (Å²) in [6.07, 6.45) is 1.28. The van der Waals surface area contributed by atoms with Crippen LogP contribution in [0.4, 0.5) is 0 Å². The van der Waals surface area contributed by atoms with Gasteiger partial charge in [-0.05, 0) is 11.6 Å². The smallest absolute Gasteiger partial charge is 0.336 e. The average Bonchev–Trinajstić information content (AvgIpc) is 2.31. The lowest BCUT2D eigenvalue weighted by molar-refractivity contribution is -0.152. The van der Waals surface area contributed by atoms with Crippen LogP contribution in [0.5, 0.6) is 0 Å². The van der Waals surface area contributed by atoms with E-state index in [0.29, 0.717) is 0 Å². The first-order chi connectivity index (χ1) is 8.11. The summed E-state index contributed by atoms with van der Waals surface area (Å²) in [6.45, 7) is 2.71. The number of esters is 1. The molecule has 1 aromatic carbocycles. The van der Waals surface area contributed by atoms with Crippen molar-refractivity contribution < 1.29 is 24.5 Å². The molecule has 0 bridgehead atoms. The number of carbonyl (C=O) groups is 2. The van der Waals surface area contributed by atoms with Gasteiger partial charge in [0.1, 0.15) is 5.92 Å². The van der Waals surface area contributed by atoms with Gasteiger partial charge in [0.15, 0.2) is 6.79 Å². The second-order valence-corrected chi connectivity index (χ2v) is 3.20. The van der Waals surface area contributed by atoms with Gasteiger partial charge in [0, 0.05) is 0 Å². The summed E-state index contributed by atoms with van der Waals surface area (Å²) >= 11 is 0. The molecule has 0 fully saturated rings. The molecule has 1 unspecified atom stereocenters. The summed E-state index contributed by atoms with van der Waals surface area (Å²) in [5.41, 5.74) is 0.292. The Balaban J connectivity index is 3.16. The molecule has 0 aromatic heterocycles. The van der Waals surface area contributed by atoms with Crippen LogP contribution in [-0.2, 0) is 9.53 Å². The summed E-state index contributed by atoms with van der Waals surface area (Å²) in [7, 11) is 0. The van der Waals surface area contributed by atoms with Crippen molar-refractivity contribution in [2.75, 3.05) is 6.79 Å². The Morgan fingerprint density at radius 3 is 2.59 bits per heavy atom. The van der Waals surface area contributed by atoms with Gasteiger partial charge < -0.3 is 14.9 Å². The largest absolute Gasteiger partial charge is 0.478 e. The SMILES string of the molecule is C=CC(C(=O)OCO)c1ccccc1C(=O)O. The molecule has 1 atom stereocenters. The zero-order chi connectivity index (χ0) is 12.8. The minimum Gasteiger partial charge on any atom is -0.478 e. The summed E-state index contributed by atoms with van der Waals surface area (Å²) in [5.74, 6) is -2.78. The molecule has 0 saturated carbocycles. The number of carbonyl (C=O) groups excluding carboxylic acids is 1. The molecule has 0 amide bonds. The maximum Gasteiger partial charge on any atom is 0.336 e. The summed E-state index contributed by atoms with van der Waals surface area (Å²) in [4.78, 5) is 22.5. The predicted molar refractivity (Wildman–Crippen MR) is 59.5 cm³/mol. The minimum atomic E-state index is -1.13. The molecular weight excluding hydrogens is 224 g/mol. The van der Waals surface area contributed by atoms with Crippen LogP contribution in [0.15, 0.2) is 36.9 Å². The molecular formula is C12H12O5. The second-order valence-electron chi connectivity index (χ2n) is 3.20. The fourth-order valence-electron chi connectivity index (χ4n) is 1.47. The van der Waals surface area contributed by atoms with Crippen LogP contribution in [0.3, 0.4) is 0 Å². The van der Waals surface area contributed by atoms with Crippen LogP contribution in [0.2, 0.25) is 0 Å². The summed E-state index contributed by atoms with van der Waals surface area (Å²) in [5, 5.41) is 17.5. The van der Waals surface area contributed by atoms with Crippen molar-refractivity contribution in [1.82, 2.24) is 0 Å². The minimum absolute atomic E-state index is 0.00675. The third-order valence-corrected chi connectivity index (χ3v) is 2.22. The normalized spacial score (nSPS) is 11.6. The number of rotatable bonds is 5. The highest BCUT2D eigenvalue weighted by atomic mass is 16.6. The number of carboxylic acid groups (broad SMARTS) is 1. The Morgan fingerprint density at radius 1 is 1.41 bits per heavy atom. The second kappa shape index (κ2) is 5.81. The van der Waals surface area contributed by atoms with E-state index in [9.17, 15) is 9.59 Å². The molecule has 2 N–H and O–H groups in total. The van der Waals surface area contributed by atoms with Crippen molar-refractivity contribution in [3.63, 3.8) is 0 Å². The molecule has 5 nitrogen and oxygen atoms in total. The van der Waals surface area contributed by atoms with E-state index in [1.54, 1.807) is 12.1 Å². The summed E-state index contributed by atoms with van der Waals surface area (Å²) < 4.78 is 4.44. The fraction of sp³-hybridized carbons (Fsp3) is 0.167. The van der Waals surface area contributed by atoms with Crippen molar-refractivity contribution in [2.45, 2.75) is 5.92 Å². The third kappa shape index (κ3) is 2.92. The number of aliphatic hydroxyl groups is 1. The van der Waals surface area contributed by atoms with E-state index in [2.05, 4.69) is 11.3 Å². The highest BCUT2D eigenvalue weighted by molar-refractivity contribution is 5.92. The number of benzene rings is 1. The van der Waals surface area contributed by atoms with Crippen LogP contribution in [0, 0.1) is 0 Å². The number of hydrogen-bond acceptors (Lipinski definition) is 4. The van der Waals surface area contributed by atoms with E-state index < -0.39 is 24.6 Å². The Morgan fingerprint density at radius 2 is 2.06 bits per heavy atom. The Labute approximate surface area is 98.0 Å². The first-order valence-electron chi connectivity index (χ1n) is 4.84. The van der Waals surface area contributed by atoms with Crippen LogP contribution >= 0.6 is 0 Å². The number of aliphatic hydroxyl groups excluding tert-OH is 1. The topological polar surface area (TPSA) is 83.8 Å². The van der Waals surface area contributed by atoms with Crippen molar-refractivity contribution in [3.8, 4) is 0 Å². The predicted octanol–water partition coefficient (Wildman–Crippen LogP) is 1.15. The quantitative estimate of drug-likeness (QED) is 0.455. The lowest BCUT2D eigenvalue weighted by atomic mass is 9.94. The van der Waals surface area contributed by atoms with Crippen LogP contribution < -0.4 is 0 Å². The van der Waals surface area contributed by atoms with E-state index >= 15 is 0 Å². The first kappa shape index (κ1) is 12.9. The van der Waals surface area contributed by atoms with Crippen molar-refractivity contribution >= 4 is 11.9 Å². The van der Waals surface area contributed by atoms with Crippen LogP contribution in [-0.4, -0.2) is 28.9 Å². The zero-order valence-electron chi connectivity index (χ0n) is 9.00. The van der Waals surface area contributed by atoms with Crippen LogP contribution in [0.1, 0.15) is 21.8 Å². The first-order valence-corrected chi connectivity index (χ1v) is 4.84. The number of carboxylic acids is 1. The third-order valence-electron chi connectivity index (χ3n) is 2.22. The van der Waals surface area contributed by atoms with Gasteiger partial charge in [-0.15, -0.1) is 6.58 Å². The van der Waals surface area contributed by atoms with Gasteiger partial charge in [0.25, 0.3) is 0 Å². The van der Waals surface area contributed by atoms with E-state index in [-0.39, 0.29) is 11.1 Å². The van der Waals surface area contributed by atoms with Gasteiger partial charge in [-0.25, -0.2) is 4.79 Å². The molecule has 1 rings (SSSR count). The molecule has 0 radical (unpaired) electrons. The van der Waals surface area contributed by atoms with Gasteiger partial charge in [-0.1, -0.05) is 24.3 Å². The Kier molecular flexibility index (Phi) is 4.42.